The molecule has 0 saturated heterocycles. The summed E-state index contributed by atoms with van der Waals surface area (Å²) >= 11 is 0. The number of hydrazine groups is 1. The van der Waals surface area contributed by atoms with Crippen molar-refractivity contribution in [3.05, 3.63) is 57.2 Å². The molecule has 6 nitrogen and oxygen atoms in total. The molecule has 0 aliphatic carbocycles. The fourth-order valence-corrected chi connectivity index (χ4v) is 1.49. The van der Waals surface area contributed by atoms with Crippen LogP contribution in [-0.4, -0.2) is 16.6 Å². The van der Waals surface area contributed by atoms with Gasteiger partial charge in [0.1, 0.15) is 5.82 Å². The van der Waals surface area contributed by atoms with Crippen LogP contribution in [0.5, 0.6) is 0 Å². The van der Waals surface area contributed by atoms with E-state index in [0.717, 1.165) is 4.57 Å². The molecule has 1 aromatic heterocycles. The van der Waals surface area contributed by atoms with E-state index in [-0.39, 0.29) is 5.82 Å². The van der Waals surface area contributed by atoms with Gasteiger partial charge in [0, 0.05) is 13.1 Å². The van der Waals surface area contributed by atoms with Crippen LogP contribution in [0.1, 0.15) is 0 Å². The number of anilines is 1. The van der Waals surface area contributed by atoms with E-state index in [9.17, 15) is 9.59 Å². The summed E-state index contributed by atoms with van der Waals surface area (Å²) in [5.41, 5.74) is -0.423. The van der Waals surface area contributed by atoms with Crippen LogP contribution in [0.2, 0.25) is 0 Å². The van der Waals surface area contributed by atoms with Gasteiger partial charge in [0.15, 0.2) is 0 Å². The van der Waals surface area contributed by atoms with Crippen molar-refractivity contribution < 1.29 is 0 Å². The number of hydrogen-bond donors (Lipinski definition) is 2. The van der Waals surface area contributed by atoms with Crippen molar-refractivity contribution >= 4 is 5.82 Å². The Hall–Kier alpha value is -2.34. The lowest BCUT2D eigenvalue weighted by Crippen LogP contribution is -2.37. The van der Waals surface area contributed by atoms with E-state index in [1.54, 1.807) is 24.3 Å². The van der Waals surface area contributed by atoms with Crippen molar-refractivity contribution in [1.29, 1.82) is 0 Å². The Labute approximate surface area is 96.9 Å². The summed E-state index contributed by atoms with van der Waals surface area (Å²) in [6.45, 7) is 0. The van der Waals surface area contributed by atoms with E-state index in [4.69, 9.17) is 5.84 Å². The Bertz CT molecular complexity index is 597. The molecule has 6 heteroatoms. The molecule has 0 atom stereocenters. The van der Waals surface area contributed by atoms with Gasteiger partial charge in [-0.3, -0.25) is 14.8 Å². The van der Waals surface area contributed by atoms with Crippen LogP contribution in [0.15, 0.2) is 46.0 Å². The Kier molecular flexibility index (Phi) is 2.80. The van der Waals surface area contributed by atoms with Crippen molar-refractivity contribution in [2.45, 2.75) is 0 Å². The lowest BCUT2D eigenvalue weighted by molar-refractivity contribution is 0.848. The van der Waals surface area contributed by atoms with E-state index in [1.807, 2.05) is 6.07 Å². The topological polar surface area (TPSA) is 84.1 Å². The molecule has 0 aliphatic rings. The maximum Gasteiger partial charge on any atom is 0.334 e. The summed E-state index contributed by atoms with van der Waals surface area (Å²) in [5.74, 6) is 5.73. The fraction of sp³-hybridized carbons (Fsp3) is 0.0909. The largest absolute Gasteiger partial charge is 0.334 e. The first-order valence-electron chi connectivity index (χ1n) is 5.00. The first-order chi connectivity index (χ1) is 8.09. The van der Waals surface area contributed by atoms with E-state index in [2.05, 4.69) is 4.98 Å². The lowest BCUT2D eigenvalue weighted by Gasteiger charge is -2.12. The summed E-state index contributed by atoms with van der Waals surface area (Å²) in [6, 6.07) is 9.96. The third-order valence-electron chi connectivity index (χ3n) is 2.31. The minimum Gasteiger partial charge on any atom is -0.299 e. The van der Waals surface area contributed by atoms with Gasteiger partial charge in [-0.1, -0.05) is 18.2 Å². The number of aromatic nitrogens is 2. The minimum atomic E-state index is -0.518. The van der Waals surface area contributed by atoms with E-state index in [0.29, 0.717) is 5.69 Å². The number of para-hydroxylation sites is 1. The zero-order chi connectivity index (χ0) is 12.4. The number of rotatable bonds is 2. The SMILES string of the molecule is CN(N)c1cc(=O)n(-c2ccccc2)c(=O)[nH]1. The molecule has 0 saturated carbocycles. The van der Waals surface area contributed by atoms with Gasteiger partial charge in [0.05, 0.1) is 5.69 Å². The van der Waals surface area contributed by atoms with Gasteiger partial charge in [-0.15, -0.1) is 0 Å². The molecule has 88 valence electrons. The molecular formula is C11H12N4O2. The molecule has 17 heavy (non-hydrogen) atoms. The maximum absolute atomic E-state index is 11.8. The monoisotopic (exact) mass is 232 g/mol. The standard InChI is InChI=1S/C11H12N4O2/c1-14(12)9-7-10(16)15(11(17)13-9)8-5-3-2-4-6-8/h2-7H,12H2,1H3,(H,13,17). The summed E-state index contributed by atoms with van der Waals surface area (Å²) < 4.78 is 1.05. The van der Waals surface area contributed by atoms with Crippen molar-refractivity contribution in [2.75, 3.05) is 12.1 Å². The summed E-state index contributed by atoms with van der Waals surface area (Å²) in [4.78, 5) is 26.1. The highest BCUT2D eigenvalue weighted by Crippen LogP contribution is 2.02. The number of benzene rings is 1. The molecule has 0 bridgehead atoms. The Morgan fingerprint density at radius 1 is 1.24 bits per heavy atom. The zero-order valence-corrected chi connectivity index (χ0v) is 9.25. The second-order valence-corrected chi connectivity index (χ2v) is 3.58. The van der Waals surface area contributed by atoms with Crippen LogP contribution in [0.25, 0.3) is 5.69 Å². The van der Waals surface area contributed by atoms with Crippen LogP contribution in [0.3, 0.4) is 0 Å². The van der Waals surface area contributed by atoms with Gasteiger partial charge in [-0.25, -0.2) is 15.2 Å². The third-order valence-corrected chi connectivity index (χ3v) is 2.31. The van der Waals surface area contributed by atoms with Crippen molar-refractivity contribution in [1.82, 2.24) is 9.55 Å². The molecule has 2 rings (SSSR count). The van der Waals surface area contributed by atoms with Crippen molar-refractivity contribution in [3.8, 4) is 5.69 Å². The lowest BCUT2D eigenvalue weighted by atomic mass is 10.3. The highest BCUT2D eigenvalue weighted by Gasteiger charge is 2.07. The third kappa shape index (κ3) is 2.11. The van der Waals surface area contributed by atoms with E-state index < -0.39 is 11.2 Å². The number of nitrogens with two attached hydrogens (primary N) is 1. The molecule has 0 aliphatic heterocycles. The molecule has 0 radical (unpaired) electrons. The second-order valence-electron chi connectivity index (χ2n) is 3.58. The minimum absolute atomic E-state index is 0.271. The number of hydrogen-bond acceptors (Lipinski definition) is 4. The molecule has 1 heterocycles. The van der Waals surface area contributed by atoms with Gasteiger partial charge < -0.3 is 0 Å². The molecule has 0 amide bonds. The molecule has 2 aromatic rings. The Balaban J connectivity index is 2.66. The van der Waals surface area contributed by atoms with Crippen LogP contribution in [0.4, 0.5) is 5.82 Å². The van der Waals surface area contributed by atoms with Gasteiger partial charge in [-0.2, -0.15) is 0 Å². The summed E-state index contributed by atoms with van der Waals surface area (Å²) in [7, 11) is 1.54. The van der Waals surface area contributed by atoms with Gasteiger partial charge in [0.25, 0.3) is 5.56 Å². The maximum atomic E-state index is 11.8. The molecule has 0 unspecified atom stereocenters. The smallest absolute Gasteiger partial charge is 0.299 e. The predicted octanol–water partition coefficient (Wildman–Crippen LogP) is -0.164. The normalized spacial score (nSPS) is 10.2. The van der Waals surface area contributed by atoms with Gasteiger partial charge in [0.2, 0.25) is 0 Å². The Morgan fingerprint density at radius 3 is 2.41 bits per heavy atom. The second kappa shape index (κ2) is 4.26. The van der Waals surface area contributed by atoms with E-state index >= 15 is 0 Å². The van der Waals surface area contributed by atoms with Gasteiger partial charge >= 0.3 is 5.69 Å². The highest BCUT2D eigenvalue weighted by atomic mass is 16.2. The van der Waals surface area contributed by atoms with Gasteiger partial charge in [-0.05, 0) is 12.1 Å². The van der Waals surface area contributed by atoms with Crippen LogP contribution < -0.4 is 22.1 Å². The first kappa shape index (κ1) is 11.2. The molecule has 0 fully saturated rings. The zero-order valence-electron chi connectivity index (χ0n) is 9.25. The van der Waals surface area contributed by atoms with Crippen LogP contribution in [-0.2, 0) is 0 Å². The van der Waals surface area contributed by atoms with Crippen LogP contribution in [0, 0.1) is 0 Å². The number of aromatic amines is 1. The van der Waals surface area contributed by atoms with Crippen LogP contribution >= 0.6 is 0 Å². The molecule has 3 N–H and O–H groups in total. The summed E-state index contributed by atoms with van der Waals surface area (Å²) in [5, 5.41) is 1.18. The Morgan fingerprint density at radius 2 is 1.88 bits per heavy atom. The summed E-state index contributed by atoms with van der Waals surface area (Å²) in [6.07, 6.45) is 0. The molecular weight excluding hydrogens is 220 g/mol. The quantitative estimate of drug-likeness (QED) is 0.556. The van der Waals surface area contributed by atoms with E-state index in [1.165, 1.54) is 18.1 Å². The fourth-order valence-electron chi connectivity index (χ4n) is 1.49. The number of nitrogens with one attached hydrogen (secondary N) is 1. The average Bonchev–Trinajstić information content (AvgIpc) is 2.29. The molecule has 0 spiro atoms. The van der Waals surface area contributed by atoms with Crippen molar-refractivity contribution in [3.63, 3.8) is 0 Å². The predicted molar refractivity (Wildman–Crippen MR) is 65.3 cm³/mol. The highest BCUT2D eigenvalue weighted by molar-refractivity contribution is 5.37. The number of H-pyrrole nitrogens is 1. The molecule has 1 aromatic carbocycles. The van der Waals surface area contributed by atoms with Crippen molar-refractivity contribution in [2.24, 2.45) is 5.84 Å². The number of nitrogens with zero attached hydrogens (tertiary/aromatic N) is 2. The average molecular weight is 232 g/mol. The first-order valence-corrected chi connectivity index (χ1v) is 5.00.